The fraction of sp³-hybridized carbons (Fsp3) is 0.500. The molecule has 1 aliphatic rings. The van der Waals surface area contributed by atoms with E-state index in [1.807, 2.05) is 0 Å². The molecule has 1 fully saturated rings. The molecule has 1 aromatic carbocycles. The van der Waals surface area contributed by atoms with Crippen molar-refractivity contribution in [1.82, 2.24) is 10.6 Å². The number of carbonyl (C=O) groups excluding carboxylic acids is 2. The molecule has 0 bridgehead atoms. The van der Waals surface area contributed by atoms with Crippen LogP contribution in [0.2, 0.25) is 0 Å². The third-order valence-corrected chi connectivity index (χ3v) is 4.62. The van der Waals surface area contributed by atoms with Crippen molar-refractivity contribution in [2.45, 2.75) is 56.9 Å². The normalized spacial score (nSPS) is 23.3. The SMILES string of the molecule is C#CCCCCNC(=O)Nc1ccc(O[C@H]2OC(CNC(C)=O)[C@@H](O)C(O)C2O)cc1.O=CO. The van der Waals surface area contributed by atoms with Crippen molar-refractivity contribution in [3.05, 3.63) is 24.3 Å². The first-order chi connectivity index (χ1) is 16.2. The molecule has 3 amide bonds. The van der Waals surface area contributed by atoms with Gasteiger partial charge in [0.1, 0.15) is 30.2 Å². The molecule has 12 heteroatoms. The summed E-state index contributed by atoms with van der Waals surface area (Å²) in [4.78, 5) is 31.3. The van der Waals surface area contributed by atoms with Crippen molar-refractivity contribution in [2.75, 3.05) is 18.4 Å². The van der Waals surface area contributed by atoms with Crippen molar-refractivity contribution in [3.8, 4) is 18.1 Å². The predicted molar refractivity (Wildman–Crippen MR) is 121 cm³/mol. The van der Waals surface area contributed by atoms with E-state index in [0.29, 0.717) is 24.4 Å². The Labute approximate surface area is 197 Å². The number of urea groups is 1. The van der Waals surface area contributed by atoms with Crippen LogP contribution >= 0.6 is 0 Å². The summed E-state index contributed by atoms with van der Waals surface area (Å²) in [5.41, 5.74) is 0.526. The highest BCUT2D eigenvalue weighted by Gasteiger charge is 2.44. The number of hydrogen-bond acceptors (Lipinski definition) is 8. The van der Waals surface area contributed by atoms with E-state index in [1.165, 1.54) is 6.92 Å². The van der Waals surface area contributed by atoms with Crippen molar-refractivity contribution in [2.24, 2.45) is 0 Å². The van der Waals surface area contributed by atoms with Gasteiger partial charge in [0, 0.05) is 32.1 Å². The minimum atomic E-state index is -1.51. The molecule has 1 heterocycles. The van der Waals surface area contributed by atoms with E-state index < -0.39 is 30.7 Å². The number of carbonyl (C=O) groups is 3. The molecule has 7 N–H and O–H groups in total. The summed E-state index contributed by atoms with van der Waals surface area (Å²) in [6, 6.07) is 5.96. The Morgan fingerprint density at radius 1 is 1.12 bits per heavy atom. The summed E-state index contributed by atoms with van der Waals surface area (Å²) >= 11 is 0. The van der Waals surface area contributed by atoms with E-state index >= 15 is 0 Å². The monoisotopic (exact) mass is 481 g/mol. The van der Waals surface area contributed by atoms with E-state index in [0.717, 1.165) is 12.8 Å². The number of aliphatic hydroxyl groups is 3. The number of aliphatic hydroxyl groups excluding tert-OH is 3. The molecule has 12 nitrogen and oxygen atoms in total. The van der Waals surface area contributed by atoms with Gasteiger partial charge in [-0.05, 0) is 37.1 Å². The number of anilines is 1. The number of hydrogen-bond donors (Lipinski definition) is 7. The van der Waals surface area contributed by atoms with Gasteiger partial charge in [-0.1, -0.05) is 0 Å². The molecule has 34 heavy (non-hydrogen) atoms. The van der Waals surface area contributed by atoms with Crippen molar-refractivity contribution in [3.63, 3.8) is 0 Å². The van der Waals surface area contributed by atoms with Crippen LogP contribution in [0.4, 0.5) is 10.5 Å². The third-order valence-electron chi connectivity index (χ3n) is 4.62. The molecule has 1 saturated heterocycles. The Hall–Kier alpha value is -3.37. The van der Waals surface area contributed by atoms with Crippen molar-refractivity contribution in [1.29, 1.82) is 0 Å². The Kier molecular flexibility index (Phi) is 13.0. The molecule has 0 aliphatic carbocycles. The third kappa shape index (κ3) is 10.1. The molecule has 3 unspecified atom stereocenters. The molecule has 0 saturated carbocycles. The van der Waals surface area contributed by atoms with Gasteiger partial charge in [0.2, 0.25) is 12.2 Å². The van der Waals surface area contributed by atoms with E-state index in [4.69, 9.17) is 25.8 Å². The predicted octanol–water partition coefficient (Wildman–Crippen LogP) is -0.365. The maximum absolute atomic E-state index is 11.9. The number of terminal acetylenes is 1. The highest BCUT2D eigenvalue weighted by molar-refractivity contribution is 5.89. The second-order valence-corrected chi connectivity index (χ2v) is 7.24. The molecular weight excluding hydrogens is 450 g/mol. The Morgan fingerprint density at radius 2 is 1.76 bits per heavy atom. The van der Waals surface area contributed by atoms with Gasteiger partial charge in [0.15, 0.2) is 0 Å². The lowest BCUT2D eigenvalue weighted by molar-refractivity contribution is -0.270. The van der Waals surface area contributed by atoms with Crippen LogP contribution in [0.15, 0.2) is 24.3 Å². The van der Waals surface area contributed by atoms with Crippen LogP contribution < -0.4 is 20.7 Å². The molecule has 1 aliphatic heterocycles. The molecule has 2 rings (SSSR count). The van der Waals surface area contributed by atoms with Crippen LogP contribution in [-0.4, -0.2) is 82.6 Å². The number of rotatable bonds is 9. The van der Waals surface area contributed by atoms with Crippen molar-refractivity contribution >= 4 is 24.1 Å². The molecule has 5 atom stereocenters. The van der Waals surface area contributed by atoms with Crippen LogP contribution in [0.5, 0.6) is 5.75 Å². The number of unbranched alkanes of at least 4 members (excludes halogenated alkanes) is 2. The Bertz CT molecular complexity index is 813. The molecule has 1 aromatic rings. The van der Waals surface area contributed by atoms with Crippen LogP contribution in [0.25, 0.3) is 0 Å². The van der Waals surface area contributed by atoms with E-state index in [9.17, 15) is 24.9 Å². The number of benzene rings is 1. The highest BCUT2D eigenvalue weighted by Crippen LogP contribution is 2.25. The zero-order valence-corrected chi connectivity index (χ0v) is 18.7. The number of ether oxygens (including phenoxy) is 2. The van der Waals surface area contributed by atoms with E-state index in [1.54, 1.807) is 24.3 Å². The van der Waals surface area contributed by atoms with Gasteiger partial charge in [-0.15, -0.1) is 12.3 Å². The Balaban J connectivity index is 0.00000182. The maximum Gasteiger partial charge on any atom is 0.319 e. The number of amides is 3. The van der Waals surface area contributed by atoms with Gasteiger partial charge in [0.05, 0.1) is 0 Å². The fourth-order valence-electron chi connectivity index (χ4n) is 2.91. The minimum absolute atomic E-state index is 0.0547. The molecular formula is C22H31N3O9. The van der Waals surface area contributed by atoms with Gasteiger partial charge in [-0.2, -0.15) is 0 Å². The summed E-state index contributed by atoms with van der Waals surface area (Å²) in [6.45, 7) is 1.52. The molecule has 188 valence electrons. The van der Waals surface area contributed by atoms with Crippen LogP contribution in [0.1, 0.15) is 26.2 Å². The largest absolute Gasteiger partial charge is 0.483 e. The summed E-state index contributed by atoms with van der Waals surface area (Å²) in [6.07, 6.45) is 0.859. The lowest BCUT2D eigenvalue weighted by atomic mass is 9.99. The number of nitrogens with one attached hydrogen (secondary N) is 3. The lowest BCUT2D eigenvalue weighted by Crippen LogP contribution is -2.61. The Morgan fingerprint density at radius 3 is 2.35 bits per heavy atom. The van der Waals surface area contributed by atoms with E-state index in [2.05, 4.69) is 21.9 Å². The maximum atomic E-state index is 11.9. The van der Waals surface area contributed by atoms with Crippen LogP contribution in [-0.2, 0) is 14.3 Å². The highest BCUT2D eigenvalue weighted by atomic mass is 16.7. The van der Waals surface area contributed by atoms with Gasteiger partial charge < -0.3 is 45.9 Å². The van der Waals surface area contributed by atoms with Crippen LogP contribution in [0, 0.1) is 12.3 Å². The van der Waals surface area contributed by atoms with Gasteiger partial charge in [-0.3, -0.25) is 9.59 Å². The first-order valence-corrected chi connectivity index (χ1v) is 10.5. The van der Waals surface area contributed by atoms with Crippen LogP contribution in [0.3, 0.4) is 0 Å². The lowest BCUT2D eigenvalue weighted by Gasteiger charge is -2.40. The standard InChI is InChI=1S/C21H29N3O7.CH2O2/c1-3-4-5-6-11-22-21(29)24-14-7-9-15(10-8-14)30-20-19(28)18(27)17(26)16(31-20)12-23-13(2)25;2-1-3/h1,7-10,16-20,26-28H,4-6,11-12H2,2H3,(H,23,25)(H2,22,24,29);1H,(H,2,3)/t16?,17-,18?,19?,20+;/m1./s1. The van der Waals surface area contributed by atoms with Gasteiger partial charge >= 0.3 is 6.03 Å². The zero-order valence-electron chi connectivity index (χ0n) is 18.7. The summed E-state index contributed by atoms with van der Waals surface area (Å²) < 4.78 is 11.1. The van der Waals surface area contributed by atoms with Crippen molar-refractivity contribution < 1.29 is 44.3 Å². The quantitative estimate of drug-likeness (QED) is 0.140. The smallest absolute Gasteiger partial charge is 0.319 e. The summed E-state index contributed by atoms with van der Waals surface area (Å²) in [5.74, 6) is 2.53. The fourth-order valence-corrected chi connectivity index (χ4v) is 2.91. The van der Waals surface area contributed by atoms with E-state index in [-0.39, 0.29) is 25.0 Å². The second-order valence-electron chi connectivity index (χ2n) is 7.24. The average Bonchev–Trinajstić information content (AvgIpc) is 2.80. The summed E-state index contributed by atoms with van der Waals surface area (Å²) in [7, 11) is 0. The number of carboxylic acid groups (broad SMARTS) is 1. The van der Waals surface area contributed by atoms with Gasteiger partial charge in [-0.25, -0.2) is 4.79 Å². The first kappa shape index (κ1) is 28.7. The summed E-state index contributed by atoms with van der Waals surface area (Å²) in [5, 5.41) is 45.0. The zero-order chi connectivity index (χ0) is 25.5. The minimum Gasteiger partial charge on any atom is -0.483 e. The molecule has 0 spiro atoms. The molecule has 0 aromatic heterocycles. The first-order valence-electron chi connectivity index (χ1n) is 10.5. The van der Waals surface area contributed by atoms with Gasteiger partial charge in [0.25, 0.3) is 6.47 Å². The topological polar surface area (TPSA) is 187 Å². The second kappa shape index (κ2) is 15.5. The molecule has 0 radical (unpaired) electrons. The average molecular weight is 482 g/mol.